The second-order valence-corrected chi connectivity index (χ2v) is 4.35. The topological polar surface area (TPSA) is 12.0 Å². The van der Waals surface area contributed by atoms with Crippen LogP contribution in [0.1, 0.15) is 30.4 Å². The van der Waals surface area contributed by atoms with Gasteiger partial charge < -0.3 is 5.32 Å². The monoisotopic (exact) mass is 201 g/mol. The lowest BCUT2D eigenvalue weighted by Gasteiger charge is -2.19. The minimum atomic E-state index is 0.677. The number of aryl methyl sites for hydroxylation is 1. The first-order valence-electron chi connectivity index (χ1n) is 5.78. The molecule has 1 atom stereocenters. The molecule has 0 amide bonds. The molecule has 1 aliphatic carbocycles. The zero-order chi connectivity index (χ0) is 10.5. The van der Waals surface area contributed by atoms with Crippen molar-refractivity contribution in [3.05, 3.63) is 47.5 Å². The number of nitrogens with one attached hydrogen (secondary N) is 1. The molecule has 0 saturated heterocycles. The van der Waals surface area contributed by atoms with Crippen molar-refractivity contribution < 1.29 is 0 Å². The van der Waals surface area contributed by atoms with Gasteiger partial charge in [0.2, 0.25) is 0 Å². The van der Waals surface area contributed by atoms with Crippen molar-refractivity contribution in [2.75, 3.05) is 0 Å². The van der Waals surface area contributed by atoms with Crippen LogP contribution in [0.2, 0.25) is 0 Å². The van der Waals surface area contributed by atoms with Gasteiger partial charge >= 0.3 is 0 Å². The first kappa shape index (κ1) is 10.4. The maximum atomic E-state index is 3.61. The summed E-state index contributed by atoms with van der Waals surface area (Å²) in [5.74, 6) is 0. The van der Waals surface area contributed by atoms with Gasteiger partial charge in [0.1, 0.15) is 0 Å². The van der Waals surface area contributed by atoms with Gasteiger partial charge in [-0.05, 0) is 31.7 Å². The maximum absolute atomic E-state index is 3.61. The van der Waals surface area contributed by atoms with Crippen LogP contribution < -0.4 is 5.32 Å². The Morgan fingerprint density at radius 2 is 2.00 bits per heavy atom. The molecule has 1 unspecified atom stereocenters. The second kappa shape index (κ2) is 5.13. The van der Waals surface area contributed by atoms with Gasteiger partial charge in [-0.15, -0.1) is 0 Å². The van der Waals surface area contributed by atoms with Crippen LogP contribution in [0.5, 0.6) is 0 Å². The molecule has 0 fully saturated rings. The van der Waals surface area contributed by atoms with Gasteiger partial charge in [-0.2, -0.15) is 0 Å². The lowest BCUT2D eigenvalue weighted by molar-refractivity contribution is 0.474. The number of allylic oxidation sites excluding steroid dienone is 1. The van der Waals surface area contributed by atoms with E-state index in [0.29, 0.717) is 6.04 Å². The Balaban J connectivity index is 1.82. The van der Waals surface area contributed by atoms with Crippen molar-refractivity contribution in [2.45, 2.75) is 38.8 Å². The molecule has 1 N–H and O–H groups in total. The average molecular weight is 201 g/mol. The standard InChI is InChI=1S/C14H19N/c1-12-7-9-13(10-8-12)11-15-14-5-3-2-4-6-14/h2-3,7-10,14-15H,4-6,11H2,1H3. The summed E-state index contributed by atoms with van der Waals surface area (Å²) >= 11 is 0. The van der Waals surface area contributed by atoms with Gasteiger partial charge in [-0.1, -0.05) is 42.0 Å². The van der Waals surface area contributed by atoms with Crippen molar-refractivity contribution >= 4 is 0 Å². The van der Waals surface area contributed by atoms with Crippen LogP contribution in [0.3, 0.4) is 0 Å². The molecule has 0 aromatic heterocycles. The molecule has 1 nitrogen and oxygen atoms in total. The van der Waals surface area contributed by atoms with Crippen LogP contribution >= 0.6 is 0 Å². The number of benzene rings is 1. The molecule has 0 aliphatic heterocycles. The predicted octanol–water partition coefficient (Wildman–Crippen LogP) is 3.19. The highest BCUT2D eigenvalue weighted by Gasteiger charge is 2.08. The lowest BCUT2D eigenvalue weighted by atomic mass is 10.0. The summed E-state index contributed by atoms with van der Waals surface area (Å²) in [6.45, 7) is 3.13. The Morgan fingerprint density at radius 3 is 2.67 bits per heavy atom. The van der Waals surface area contributed by atoms with E-state index in [1.165, 1.54) is 30.4 Å². The van der Waals surface area contributed by atoms with Gasteiger partial charge in [0.05, 0.1) is 0 Å². The molecule has 0 heterocycles. The number of hydrogen-bond acceptors (Lipinski definition) is 1. The summed E-state index contributed by atoms with van der Waals surface area (Å²) in [6, 6.07) is 9.45. The van der Waals surface area contributed by atoms with E-state index < -0.39 is 0 Å². The Morgan fingerprint density at radius 1 is 1.20 bits per heavy atom. The highest BCUT2D eigenvalue weighted by atomic mass is 14.9. The second-order valence-electron chi connectivity index (χ2n) is 4.35. The van der Waals surface area contributed by atoms with E-state index in [2.05, 4.69) is 48.7 Å². The zero-order valence-electron chi connectivity index (χ0n) is 9.37. The fourth-order valence-corrected chi connectivity index (χ4v) is 1.95. The molecule has 0 spiro atoms. The number of hydrogen-bond donors (Lipinski definition) is 1. The molecule has 0 bridgehead atoms. The molecule has 15 heavy (non-hydrogen) atoms. The largest absolute Gasteiger partial charge is 0.310 e. The summed E-state index contributed by atoms with van der Waals surface area (Å²) in [4.78, 5) is 0. The SMILES string of the molecule is Cc1ccc(CNC2CC=CCC2)cc1. The van der Waals surface area contributed by atoms with Crippen molar-refractivity contribution in [2.24, 2.45) is 0 Å². The Labute approximate surface area is 92.2 Å². The molecule has 2 rings (SSSR count). The van der Waals surface area contributed by atoms with E-state index in [1.54, 1.807) is 0 Å². The highest BCUT2D eigenvalue weighted by Crippen LogP contribution is 2.11. The molecule has 1 aliphatic rings. The molecular weight excluding hydrogens is 182 g/mol. The van der Waals surface area contributed by atoms with E-state index in [-0.39, 0.29) is 0 Å². The minimum Gasteiger partial charge on any atom is -0.310 e. The van der Waals surface area contributed by atoms with E-state index >= 15 is 0 Å². The first-order valence-corrected chi connectivity index (χ1v) is 5.78. The Hall–Kier alpha value is -1.08. The highest BCUT2D eigenvalue weighted by molar-refractivity contribution is 5.21. The molecule has 1 aromatic carbocycles. The molecular formula is C14H19N. The Bertz CT molecular complexity index is 324. The van der Waals surface area contributed by atoms with Gasteiger partial charge in [0.15, 0.2) is 0 Å². The van der Waals surface area contributed by atoms with Crippen LogP contribution in [0.4, 0.5) is 0 Å². The fourth-order valence-electron chi connectivity index (χ4n) is 1.95. The molecule has 80 valence electrons. The quantitative estimate of drug-likeness (QED) is 0.741. The number of rotatable bonds is 3. The van der Waals surface area contributed by atoms with E-state index in [4.69, 9.17) is 0 Å². The van der Waals surface area contributed by atoms with Crippen molar-refractivity contribution in [3.63, 3.8) is 0 Å². The van der Waals surface area contributed by atoms with Gasteiger partial charge in [0, 0.05) is 12.6 Å². The van der Waals surface area contributed by atoms with E-state index in [9.17, 15) is 0 Å². The lowest BCUT2D eigenvalue weighted by Crippen LogP contribution is -2.29. The summed E-state index contributed by atoms with van der Waals surface area (Å²) in [5, 5.41) is 3.61. The van der Waals surface area contributed by atoms with Crippen LogP contribution in [0.25, 0.3) is 0 Å². The van der Waals surface area contributed by atoms with Crippen LogP contribution in [-0.4, -0.2) is 6.04 Å². The predicted molar refractivity (Wildman–Crippen MR) is 64.8 cm³/mol. The smallest absolute Gasteiger partial charge is 0.0208 e. The molecule has 0 radical (unpaired) electrons. The van der Waals surface area contributed by atoms with Gasteiger partial charge in [0.25, 0.3) is 0 Å². The van der Waals surface area contributed by atoms with Crippen LogP contribution in [0, 0.1) is 6.92 Å². The summed E-state index contributed by atoms with van der Waals surface area (Å²) in [7, 11) is 0. The normalized spacial score (nSPS) is 20.5. The molecule has 0 saturated carbocycles. The Kier molecular flexibility index (Phi) is 3.57. The van der Waals surface area contributed by atoms with Crippen LogP contribution in [0.15, 0.2) is 36.4 Å². The third-order valence-electron chi connectivity index (χ3n) is 2.98. The molecule has 1 aromatic rings. The van der Waals surface area contributed by atoms with E-state index in [1.807, 2.05) is 0 Å². The van der Waals surface area contributed by atoms with Crippen molar-refractivity contribution in [3.8, 4) is 0 Å². The first-order chi connectivity index (χ1) is 7.34. The van der Waals surface area contributed by atoms with Crippen molar-refractivity contribution in [1.82, 2.24) is 5.32 Å². The average Bonchev–Trinajstić information content (AvgIpc) is 2.30. The third-order valence-corrected chi connectivity index (χ3v) is 2.98. The van der Waals surface area contributed by atoms with Crippen LogP contribution in [-0.2, 0) is 6.54 Å². The zero-order valence-corrected chi connectivity index (χ0v) is 9.37. The van der Waals surface area contributed by atoms with Gasteiger partial charge in [-0.25, -0.2) is 0 Å². The summed E-state index contributed by atoms with van der Waals surface area (Å²) in [5.41, 5.74) is 2.72. The fraction of sp³-hybridized carbons (Fsp3) is 0.429. The maximum Gasteiger partial charge on any atom is 0.0208 e. The molecule has 1 heteroatoms. The van der Waals surface area contributed by atoms with E-state index in [0.717, 1.165) is 6.54 Å². The minimum absolute atomic E-state index is 0.677. The summed E-state index contributed by atoms with van der Waals surface area (Å²) in [6.07, 6.45) is 8.26. The van der Waals surface area contributed by atoms with Gasteiger partial charge in [-0.3, -0.25) is 0 Å². The van der Waals surface area contributed by atoms with Crippen molar-refractivity contribution in [1.29, 1.82) is 0 Å². The third kappa shape index (κ3) is 3.21. The summed E-state index contributed by atoms with van der Waals surface area (Å²) < 4.78 is 0.